The Kier molecular flexibility index (Phi) is 4.15. The molecule has 0 amide bonds. The molecule has 1 aliphatic rings. The minimum absolute atomic E-state index is 0.0945. The summed E-state index contributed by atoms with van der Waals surface area (Å²) in [5, 5.41) is 15.9. The first-order chi connectivity index (χ1) is 12.7. The van der Waals surface area contributed by atoms with Gasteiger partial charge < -0.3 is 0 Å². The average molecular weight is 431 g/mol. The molecular formula is C14H9ClF2N6O2S2. The molecule has 27 heavy (non-hydrogen) atoms. The molecule has 3 heterocycles. The summed E-state index contributed by atoms with van der Waals surface area (Å²) in [5.41, 5.74) is -0.718. The lowest BCUT2D eigenvalue weighted by Crippen LogP contribution is -2.35. The first-order valence-corrected chi connectivity index (χ1v) is 10.2. The van der Waals surface area contributed by atoms with Crippen LogP contribution >= 0.6 is 22.9 Å². The van der Waals surface area contributed by atoms with E-state index in [-0.39, 0.29) is 20.8 Å². The van der Waals surface area contributed by atoms with E-state index in [1.54, 1.807) is 0 Å². The molecule has 0 bridgehead atoms. The van der Waals surface area contributed by atoms with E-state index in [0.29, 0.717) is 29.7 Å². The molecule has 3 aromatic heterocycles. The molecule has 8 nitrogen and oxygen atoms in total. The van der Waals surface area contributed by atoms with E-state index >= 15 is 0 Å². The van der Waals surface area contributed by atoms with Gasteiger partial charge in [0.1, 0.15) is 10.4 Å². The van der Waals surface area contributed by atoms with Gasteiger partial charge in [-0.3, -0.25) is 4.40 Å². The molecule has 3 aromatic rings. The van der Waals surface area contributed by atoms with Crippen molar-refractivity contribution in [1.29, 1.82) is 5.26 Å². The van der Waals surface area contributed by atoms with Gasteiger partial charge in [0.2, 0.25) is 10.0 Å². The number of hydrogen-bond donors (Lipinski definition) is 1. The molecule has 0 unspecified atom stereocenters. The molecule has 0 radical (unpaired) electrons. The van der Waals surface area contributed by atoms with E-state index in [1.165, 1.54) is 22.9 Å². The highest BCUT2D eigenvalue weighted by atomic mass is 35.5. The van der Waals surface area contributed by atoms with Crippen LogP contribution in [0.5, 0.6) is 0 Å². The van der Waals surface area contributed by atoms with Crippen molar-refractivity contribution in [3.63, 3.8) is 0 Å². The Morgan fingerprint density at radius 1 is 1.41 bits per heavy atom. The monoisotopic (exact) mass is 430 g/mol. The van der Waals surface area contributed by atoms with Gasteiger partial charge in [0.05, 0.1) is 22.8 Å². The van der Waals surface area contributed by atoms with Gasteiger partial charge in [0.15, 0.2) is 15.8 Å². The molecule has 1 saturated carbocycles. The summed E-state index contributed by atoms with van der Waals surface area (Å²) in [5.74, 6) is 0.134. The minimum Gasteiger partial charge on any atom is -0.295 e. The number of halogens is 3. The minimum atomic E-state index is -4.02. The lowest BCUT2D eigenvalue weighted by Gasteiger charge is -2.11. The Labute approximate surface area is 160 Å². The van der Waals surface area contributed by atoms with Gasteiger partial charge >= 0.3 is 0 Å². The Balaban J connectivity index is 1.81. The van der Waals surface area contributed by atoms with Crippen LogP contribution in [-0.2, 0) is 10.0 Å². The molecule has 0 spiro atoms. The zero-order valence-electron chi connectivity index (χ0n) is 13.2. The second-order valence-corrected chi connectivity index (χ2v) is 9.01. The van der Waals surface area contributed by atoms with Crippen molar-refractivity contribution in [3.8, 4) is 16.9 Å². The van der Waals surface area contributed by atoms with E-state index in [0.717, 1.165) is 0 Å². The zero-order chi connectivity index (χ0) is 19.4. The molecular weight excluding hydrogens is 422 g/mol. The predicted molar refractivity (Wildman–Crippen MR) is 92.0 cm³/mol. The molecule has 4 rings (SSSR count). The van der Waals surface area contributed by atoms with Crippen molar-refractivity contribution >= 4 is 38.5 Å². The van der Waals surface area contributed by atoms with Gasteiger partial charge in [-0.15, -0.1) is 10.2 Å². The van der Waals surface area contributed by atoms with E-state index in [9.17, 15) is 17.2 Å². The fraction of sp³-hybridized carbons (Fsp3) is 0.286. The highest BCUT2D eigenvalue weighted by molar-refractivity contribution is 7.89. The third-order valence-corrected chi connectivity index (χ3v) is 6.72. The van der Waals surface area contributed by atoms with Gasteiger partial charge in [-0.25, -0.2) is 22.2 Å². The number of nitriles is 1. The molecule has 1 aliphatic carbocycles. The Morgan fingerprint density at radius 2 is 2.15 bits per heavy atom. The number of imidazole rings is 1. The van der Waals surface area contributed by atoms with E-state index in [4.69, 9.17) is 16.9 Å². The van der Waals surface area contributed by atoms with Crippen molar-refractivity contribution in [1.82, 2.24) is 24.3 Å². The molecule has 140 valence electrons. The summed E-state index contributed by atoms with van der Waals surface area (Å²) < 4.78 is 54.5. The SMILES string of the molecule is N#CC1(NS(=O)(=O)c2cc(Cl)c3cnc(-c4nnc(C(F)F)s4)n3c2)CC1. The van der Waals surface area contributed by atoms with Crippen molar-refractivity contribution in [2.24, 2.45) is 0 Å². The van der Waals surface area contributed by atoms with E-state index in [2.05, 4.69) is 19.9 Å². The number of nitrogens with one attached hydrogen (secondary N) is 1. The summed E-state index contributed by atoms with van der Waals surface area (Å²) in [7, 11) is -4.02. The second kappa shape index (κ2) is 6.16. The molecule has 0 aliphatic heterocycles. The number of pyridine rings is 1. The van der Waals surface area contributed by atoms with Crippen LogP contribution in [0.25, 0.3) is 16.3 Å². The van der Waals surface area contributed by atoms with Crippen LogP contribution in [0.1, 0.15) is 24.3 Å². The van der Waals surface area contributed by atoms with E-state index in [1.807, 2.05) is 6.07 Å². The van der Waals surface area contributed by atoms with Crippen LogP contribution in [0, 0.1) is 11.3 Å². The molecule has 1 fully saturated rings. The quantitative estimate of drug-likeness (QED) is 0.665. The van der Waals surface area contributed by atoms with Crippen LogP contribution in [0.3, 0.4) is 0 Å². The van der Waals surface area contributed by atoms with Crippen molar-refractivity contribution in [2.45, 2.75) is 29.7 Å². The van der Waals surface area contributed by atoms with Crippen LogP contribution in [0.15, 0.2) is 23.4 Å². The lowest BCUT2D eigenvalue weighted by molar-refractivity contribution is 0.150. The van der Waals surface area contributed by atoms with Crippen molar-refractivity contribution < 1.29 is 17.2 Å². The summed E-state index contributed by atoms with van der Waals surface area (Å²) >= 11 is 6.82. The van der Waals surface area contributed by atoms with Gasteiger partial charge in [-0.2, -0.15) is 9.98 Å². The maximum atomic E-state index is 12.8. The standard InChI is InChI=1S/C14H9ClF2N6O2S2/c15-8-3-7(27(24,25)22-14(6-18)1-2-14)5-23-9(8)4-19-11(23)13-21-20-12(26-13)10(16)17/h3-5,10,22H,1-2H2. The normalized spacial score (nSPS) is 16.0. The molecule has 13 heteroatoms. The van der Waals surface area contributed by atoms with Crippen LogP contribution in [0.2, 0.25) is 5.02 Å². The van der Waals surface area contributed by atoms with Crippen molar-refractivity contribution in [3.05, 3.63) is 28.5 Å². The fourth-order valence-corrected chi connectivity index (χ4v) is 4.84. The smallest absolute Gasteiger partial charge is 0.291 e. The molecule has 0 saturated heterocycles. The maximum Gasteiger partial charge on any atom is 0.291 e. The number of nitrogens with zero attached hydrogens (tertiary/aromatic N) is 5. The number of fused-ring (bicyclic) bond motifs is 1. The van der Waals surface area contributed by atoms with Crippen LogP contribution in [-0.4, -0.2) is 33.5 Å². The van der Waals surface area contributed by atoms with Gasteiger partial charge in [0, 0.05) is 6.20 Å². The number of sulfonamides is 1. The zero-order valence-corrected chi connectivity index (χ0v) is 15.6. The van der Waals surface area contributed by atoms with Crippen LogP contribution in [0.4, 0.5) is 8.78 Å². The Hall–Kier alpha value is -2.20. The first kappa shape index (κ1) is 18.2. The topological polar surface area (TPSA) is 113 Å². The predicted octanol–water partition coefficient (Wildman–Crippen LogP) is 2.78. The first-order valence-electron chi connectivity index (χ1n) is 7.48. The third-order valence-electron chi connectivity index (χ3n) is 3.99. The van der Waals surface area contributed by atoms with Crippen LogP contribution < -0.4 is 4.72 Å². The summed E-state index contributed by atoms with van der Waals surface area (Å²) in [6, 6.07) is 3.18. The maximum absolute atomic E-state index is 12.8. The largest absolute Gasteiger partial charge is 0.295 e. The molecule has 1 N–H and O–H groups in total. The molecule has 0 atom stereocenters. The molecule has 0 aromatic carbocycles. The number of aromatic nitrogens is 4. The van der Waals surface area contributed by atoms with Gasteiger partial charge in [0.25, 0.3) is 6.43 Å². The van der Waals surface area contributed by atoms with Gasteiger partial charge in [-0.05, 0) is 18.9 Å². The fourth-order valence-electron chi connectivity index (χ4n) is 2.43. The second-order valence-electron chi connectivity index (χ2n) is 5.91. The third kappa shape index (κ3) is 3.16. The number of hydrogen-bond acceptors (Lipinski definition) is 7. The highest BCUT2D eigenvalue weighted by Gasteiger charge is 2.47. The Bertz CT molecular complexity index is 1200. The van der Waals surface area contributed by atoms with Crippen molar-refractivity contribution in [2.75, 3.05) is 0 Å². The summed E-state index contributed by atoms with van der Waals surface area (Å²) in [6.45, 7) is 0. The van der Waals surface area contributed by atoms with E-state index < -0.39 is 27.0 Å². The summed E-state index contributed by atoms with van der Waals surface area (Å²) in [6.07, 6.45) is 0.713. The van der Waals surface area contributed by atoms with Gasteiger partial charge in [-0.1, -0.05) is 22.9 Å². The summed E-state index contributed by atoms with van der Waals surface area (Å²) in [4.78, 5) is 3.92. The Morgan fingerprint density at radius 3 is 2.74 bits per heavy atom. The lowest BCUT2D eigenvalue weighted by atomic mass is 10.3. The number of rotatable bonds is 5. The average Bonchev–Trinajstić information content (AvgIpc) is 3.03. The number of alkyl halides is 2. The highest BCUT2D eigenvalue weighted by Crippen LogP contribution is 2.37.